The Hall–Kier alpha value is -2.80. The number of hydrogen-bond donors (Lipinski definition) is 0. The predicted molar refractivity (Wildman–Crippen MR) is 95.0 cm³/mol. The molecule has 25 heavy (non-hydrogen) atoms. The van der Waals surface area contributed by atoms with Crippen molar-refractivity contribution in [2.45, 2.75) is 19.6 Å². The van der Waals surface area contributed by atoms with Crippen LogP contribution >= 0.6 is 11.3 Å². The van der Waals surface area contributed by atoms with Gasteiger partial charge < -0.3 is 4.90 Å². The molecule has 1 aliphatic heterocycles. The second-order valence-electron chi connectivity index (χ2n) is 6.09. The van der Waals surface area contributed by atoms with E-state index in [2.05, 4.69) is 26.0 Å². The van der Waals surface area contributed by atoms with Crippen molar-refractivity contribution in [3.05, 3.63) is 70.9 Å². The third-order valence-electron chi connectivity index (χ3n) is 4.52. The van der Waals surface area contributed by atoms with E-state index in [1.54, 1.807) is 29.8 Å². The van der Waals surface area contributed by atoms with Gasteiger partial charge in [-0.15, -0.1) is 11.3 Å². The highest BCUT2D eigenvalue weighted by molar-refractivity contribution is 7.16. The first-order chi connectivity index (χ1) is 12.3. The van der Waals surface area contributed by atoms with Crippen LogP contribution in [0.1, 0.15) is 16.8 Å². The topological polar surface area (TPSA) is 46.8 Å². The summed E-state index contributed by atoms with van der Waals surface area (Å²) in [5, 5.41) is 7.64. The number of aromatic nitrogens is 4. The second-order valence-corrected chi connectivity index (χ2v) is 6.99. The minimum atomic E-state index is -0.218. The number of rotatable bonds is 3. The molecular weight excluding hydrogens is 337 g/mol. The number of fused-ring (bicyclic) bond motifs is 2. The molecule has 0 bridgehead atoms. The van der Waals surface area contributed by atoms with Crippen molar-refractivity contribution in [3.63, 3.8) is 0 Å². The van der Waals surface area contributed by atoms with Gasteiger partial charge in [0, 0.05) is 12.1 Å². The van der Waals surface area contributed by atoms with Gasteiger partial charge in [0.25, 0.3) is 0 Å². The average Bonchev–Trinajstić information content (AvgIpc) is 3.33. The van der Waals surface area contributed by atoms with E-state index < -0.39 is 0 Å². The third-order valence-corrected chi connectivity index (χ3v) is 5.34. The minimum absolute atomic E-state index is 0.218. The largest absolute Gasteiger partial charge is 0.346 e. The van der Waals surface area contributed by atoms with Crippen LogP contribution in [-0.2, 0) is 19.6 Å². The summed E-state index contributed by atoms with van der Waals surface area (Å²) in [6, 6.07) is 8.65. The molecule has 0 saturated heterocycles. The Kier molecular flexibility index (Phi) is 3.27. The number of hydrogen-bond acceptors (Lipinski definition) is 5. The Morgan fingerprint density at radius 3 is 2.84 bits per heavy atom. The summed E-state index contributed by atoms with van der Waals surface area (Å²) in [7, 11) is 0. The number of halogens is 1. The number of thiophene rings is 1. The van der Waals surface area contributed by atoms with Crippen molar-refractivity contribution in [2.75, 3.05) is 4.90 Å². The molecule has 1 aliphatic rings. The van der Waals surface area contributed by atoms with Gasteiger partial charge in [0.05, 0.1) is 30.4 Å². The highest BCUT2D eigenvalue weighted by Crippen LogP contribution is 2.32. The number of anilines is 1. The van der Waals surface area contributed by atoms with Crippen LogP contribution < -0.4 is 4.90 Å². The quantitative estimate of drug-likeness (QED) is 0.566. The Morgan fingerprint density at radius 2 is 1.96 bits per heavy atom. The molecule has 0 radical (unpaired) electrons. The van der Waals surface area contributed by atoms with Crippen molar-refractivity contribution in [3.8, 4) is 0 Å². The summed E-state index contributed by atoms with van der Waals surface area (Å²) < 4.78 is 15.1. The van der Waals surface area contributed by atoms with Crippen LogP contribution in [0.25, 0.3) is 10.2 Å². The van der Waals surface area contributed by atoms with E-state index in [0.29, 0.717) is 6.54 Å². The number of nitrogens with zero attached hydrogens (tertiary/aromatic N) is 5. The Labute approximate surface area is 147 Å². The minimum Gasteiger partial charge on any atom is -0.346 e. The van der Waals surface area contributed by atoms with E-state index >= 15 is 0 Å². The summed E-state index contributed by atoms with van der Waals surface area (Å²) in [6.45, 7) is 2.19. The highest BCUT2D eigenvalue weighted by Gasteiger charge is 2.26. The summed E-state index contributed by atoms with van der Waals surface area (Å²) in [5.74, 6) is 0.750. The van der Waals surface area contributed by atoms with E-state index in [1.807, 2.05) is 16.3 Å². The molecule has 0 aliphatic carbocycles. The molecule has 3 aromatic heterocycles. The summed E-state index contributed by atoms with van der Waals surface area (Å²) in [5.41, 5.74) is 3.43. The fourth-order valence-electron chi connectivity index (χ4n) is 3.28. The maximum absolute atomic E-state index is 13.1. The Morgan fingerprint density at radius 1 is 1.08 bits per heavy atom. The van der Waals surface area contributed by atoms with E-state index in [4.69, 9.17) is 0 Å². The molecule has 0 N–H and O–H groups in total. The standard InChI is InChI=1S/C18H14FN5S/c19-14-3-1-12(2-4-14)8-24-16-10-23(9-13(16)7-22-24)17-15-5-6-25-18(15)21-11-20-17/h1-7,11H,8-10H2. The fourth-order valence-corrected chi connectivity index (χ4v) is 4.01. The van der Waals surface area contributed by atoms with Crippen molar-refractivity contribution in [1.29, 1.82) is 0 Å². The molecule has 0 fully saturated rings. The Bertz CT molecular complexity index is 1050. The van der Waals surface area contributed by atoms with Crippen LogP contribution in [0, 0.1) is 5.82 Å². The molecule has 0 spiro atoms. The van der Waals surface area contributed by atoms with Crippen molar-refractivity contribution >= 4 is 27.4 Å². The van der Waals surface area contributed by atoms with Gasteiger partial charge in [-0.25, -0.2) is 14.4 Å². The van der Waals surface area contributed by atoms with Gasteiger partial charge in [-0.2, -0.15) is 5.10 Å². The van der Waals surface area contributed by atoms with Gasteiger partial charge in [0.2, 0.25) is 0 Å². The van der Waals surface area contributed by atoms with Crippen molar-refractivity contribution in [2.24, 2.45) is 0 Å². The van der Waals surface area contributed by atoms with Gasteiger partial charge in [-0.05, 0) is 29.1 Å². The summed E-state index contributed by atoms with van der Waals surface area (Å²) in [6.07, 6.45) is 3.55. The lowest BCUT2D eigenvalue weighted by atomic mass is 10.2. The lowest BCUT2D eigenvalue weighted by Gasteiger charge is -2.17. The van der Waals surface area contributed by atoms with Crippen LogP contribution in [0.2, 0.25) is 0 Å². The van der Waals surface area contributed by atoms with Gasteiger partial charge >= 0.3 is 0 Å². The first kappa shape index (κ1) is 14.5. The molecule has 7 heteroatoms. The molecule has 0 unspecified atom stereocenters. The monoisotopic (exact) mass is 351 g/mol. The molecule has 0 saturated carbocycles. The molecule has 1 aromatic carbocycles. The predicted octanol–water partition coefficient (Wildman–Crippen LogP) is 3.60. The average molecular weight is 351 g/mol. The van der Waals surface area contributed by atoms with Crippen LogP contribution in [-0.4, -0.2) is 19.7 Å². The van der Waals surface area contributed by atoms with Crippen LogP contribution in [0.15, 0.2) is 48.2 Å². The Balaban J connectivity index is 1.44. The zero-order chi connectivity index (χ0) is 16.8. The van der Waals surface area contributed by atoms with Crippen LogP contribution in [0.5, 0.6) is 0 Å². The molecule has 124 valence electrons. The molecule has 0 atom stereocenters. The summed E-state index contributed by atoms with van der Waals surface area (Å²) in [4.78, 5) is 12.1. The molecule has 4 heterocycles. The second kappa shape index (κ2) is 5.63. The lowest BCUT2D eigenvalue weighted by molar-refractivity contribution is 0.620. The van der Waals surface area contributed by atoms with E-state index in [0.717, 1.165) is 34.7 Å². The van der Waals surface area contributed by atoms with Gasteiger partial charge in [-0.3, -0.25) is 4.68 Å². The smallest absolute Gasteiger partial charge is 0.141 e. The lowest BCUT2D eigenvalue weighted by Crippen LogP contribution is -2.18. The van der Waals surface area contributed by atoms with Crippen molar-refractivity contribution in [1.82, 2.24) is 19.7 Å². The first-order valence-corrected chi connectivity index (χ1v) is 8.87. The molecule has 5 nitrogen and oxygen atoms in total. The molecule has 0 amide bonds. The van der Waals surface area contributed by atoms with Crippen LogP contribution in [0.4, 0.5) is 10.2 Å². The fraction of sp³-hybridized carbons (Fsp3) is 0.167. The van der Waals surface area contributed by atoms with E-state index in [-0.39, 0.29) is 5.82 Å². The third kappa shape index (κ3) is 2.47. The van der Waals surface area contributed by atoms with Gasteiger partial charge in [0.15, 0.2) is 0 Å². The van der Waals surface area contributed by atoms with Gasteiger partial charge in [0.1, 0.15) is 22.8 Å². The van der Waals surface area contributed by atoms with Gasteiger partial charge in [-0.1, -0.05) is 12.1 Å². The number of benzene rings is 1. The maximum Gasteiger partial charge on any atom is 0.141 e. The van der Waals surface area contributed by atoms with E-state index in [9.17, 15) is 4.39 Å². The van der Waals surface area contributed by atoms with Crippen molar-refractivity contribution < 1.29 is 4.39 Å². The van der Waals surface area contributed by atoms with E-state index in [1.165, 1.54) is 23.4 Å². The zero-order valence-electron chi connectivity index (χ0n) is 13.3. The summed E-state index contributed by atoms with van der Waals surface area (Å²) >= 11 is 1.63. The maximum atomic E-state index is 13.1. The highest BCUT2D eigenvalue weighted by atomic mass is 32.1. The molecular formula is C18H14FN5S. The van der Waals surface area contributed by atoms with Crippen LogP contribution in [0.3, 0.4) is 0 Å². The molecule has 5 rings (SSSR count). The SMILES string of the molecule is Fc1ccc(Cn2ncc3c2CN(c2ncnc4sccc24)C3)cc1. The molecule has 4 aromatic rings. The normalized spacial score (nSPS) is 13.6. The zero-order valence-corrected chi connectivity index (χ0v) is 14.1. The first-order valence-electron chi connectivity index (χ1n) is 7.99.